The van der Waals surface area contributed by atoms with Crippen LogP contribution in [0, 0.1) is 0 Å². The summed E-state index contributed by atoms with van der Waals surface area (Å²) in [6, 6.07) is 7.48. The molecule has 1 fully saturated rings. The Morgan fingerprint density at radius 1 is 1.19 bits per heavy atom. The summed E-state index contributed by atoms with van der Waals surface area (Å²) in [5.41, 5.74) is -0.116. The van der Waals surface area contributed by atoms with Crippen molar-refractivity contribution in [2.24, 2.45) is 0 Å². The van der Waals surface area contributed by atoms with Crippen molar-refractivity contribution in [3.63, 3.8) is 0 Å². The smallest absolute Gasteiger partial charge is 0.315 e. The zero-order chi connectivity index (χ0) is 18.7. The van der Waals surface area contributed by atoms with Crippen LogP contribution in [-0.4, -0.2) is 31.1 Å². The molecule has 0 aliphatic carbocycles. The first-order valence-corrected chi connectivity index (χ1v) is 9.99. The van der Waals surface area contributed by atoms with Gasteiger partial charge in [-0.3, -0.25) is 4.90 Å². The number of rotatable bonds is 4. The molecule has 7 heteroatoms. The highest BCUT2D eigenvalue weighted by Gasteiger charge is 2.33. The predicted molar refractivity (Wildman–Crippen MR) is 101 cm³/mol. The van der Waals surface area contributed by atoms with E-state index >= 15 is 0 Å². The van der Waals surface area contributed by atoms with Gasteiger partial charge in [0, 0.05) is 34.4 Å². The molecule has 0 bridgehead atoms. The first kappa shape index (κ1) is 19.7. The molecule has 0 saturated carbocycles. The Bertz CT molecular complexity index is 737. The van der Waals surface area contributed by atoms with E-state index in [0.29, 0.717) is 10.6 Å². The third-order valence-electron chi connectivity index (χ3n) is 4.66. The molecular weight excluding hydrogens is 381 g/mol. The van der Waals surface area contributed by atoms with Crippen molar-refractivity contribution in [1.82, 2.24) is 10.2 Å². The zero-order valence-electron chi connectivity index (χ0n) is 14.6. The van der Waals surface area contributed by atoms with Gasteiger partial charge in [0.05, 0.1) is 11.6 Å². The molecule has 1 saturated heterocycles. The molecule has 1 aromatic heterocycles. The summed E-state index contributed by atoms with van der Waals surface area (Å²) < 4.78 is 39.8. The lowest BCUT2D eigenvalue weighted by Crippen LogP contribution is -2.33. The normalized spacial score (nSPS) is 17.9. The summed E-state index contributed by atoms with van der Waals surface area (Å²) >= 11 is 8.04. The zero-order valence-corrected chi connectivity index (χ0v) is 16.1. The minimum absolute atomic E-state index is 0.255. The number of nitrogens with zero attached hydrogens (tertiary/aromatic N) is 1. The third kappa shape index (κ3) is 4.42. The topological polar surface area (TPSA) is 15.3 Å². The van der Waals surface area contributed by atoms with Gasteiger partial charge in [-0.1, -0.05) is 18.5 Å². The van der Waals surface area contributed by atoms with E-state index in [1.54, 1.807) is 11.3 Å². The minimum atomic E-state index is -4.38. The molecule has 0 radical (unpaired) electrons. The van der Waals surface area contributed by atoms with Gasteiger partial charge in [0.15, 0.2) is 0 Å². The van der Waals surface area contributed by atoms with Gasteiger partial charge < -0.3 is 5.32 Å². The summed E-state index contributed by atoms with van der Waals surface area (Å²) in [4.78, 5) is 4.51. The van der Waals surface area contributed by atoms with E-state index in [4.69, 9.17) is 11.6 Å². The van der Waals surface area contributed by atoms with Crippen LogP contribution >= 0.6 is 22.9 Å². The molecule has 0 spiro atoms. The molecule has 142 valence electrons. The summed E-state index contributed by atoms with van der Waals surface area (Å²) in [6.45, 7) is 5.42. The maximum atomic E-state index is 13.3. The summed E-state index contributed by atoms with van der Waals surface area (Å²) in [6.07, 6.45) is -2.51. The first-order chi connectivity index (χ1) is 12.4. The maximum absolute atomic E-state index is 13.3. The summed E-state index contributed by atoms with van der Waals surface area (Å²) in [5, 5.41) is 3.73. The van der Waals surface area contributed by atoms with Gasteiger partial charge in [-0.25, -0.2) is 0 Å². The first-order valence-electron chi connectivity index (χ1n) is 8.80. The monoisotopic (exact) mass is 402 g/mol. The largest absolute Gasteiger partial charge is 0.416 e. The molecule has 2 heterocycles. The average Bonchev–Trinajstić information content (AvgIpc) is 2.90. The number of alkyl halides is 3. The molecule has 1 aromatic carbocycles. The molecule has 3 rings (SSSR count). The standard InChI is InChI=1S/C19H22ClF3N2S/c1-2-14-5-7-17(26-14)18(25-10-3-8-24-9-11-25)15-12-13(19(21,22)23)4-6-16(15)20/h4-7,12,18,24H,2-3,8-11H2,1H3. The van der Waals surface area contributed by atoms with Gasteiger partial charge in [0.2, 0.25) is 0 Å². The van der Waals surface area contributed by atoms with Gasteiger partial charge in [-0.15, -0.1) is 11.3 Å². The van der Waals surface area contributed by atoms with Gasteiger partial charge in [-0.05, 0) is 55.3 Å². The van der Waals surface area contributed by atoms with Crippen LogP contribution in [0.3, 0.4) is 0 Å². The van der Waals surface area contributed by atoms with Crippen molar-refractivity contribution in [2.45, 2.75) is 32.0 Å². The van der Waals surface area contributed by atoms with Crippen LogP contribution in [0.1, 0.15) is 40.3 Å². The van der Waals surface area contributed by atoms with Gasteiger partial charge >= 0.3 is 6.18 Å². The van der Waals surface area contributed by atoms with Crippen molar-refractivity contribution in [3.05, 3.63) is 56.2 Å². The van der Waals surface area contributed by atoms with Crippen molar-refractivity contribution in [2.75, 3.05) is 26.2 Å². The van der Waals surface area contributed by atoms with Crippen LogP contribution in [0.15, 0.2) is 30.3 Å². The van der Waals surface area contributed by atoms with E-state index < -0.39 is 11.7 Å². The van der Waals surface area contributed by atoms with Crippen LogP contribution in [0.2, 0.25) is 5.02 Å². The SMILES string of the molecule is CCc1ccc(C(c2cc(C(F)(F)F)ccc2Cl)N2CCCNCC2)s1. The van der Waals surface area contributed by atoms with Crippen molar-refractivity contribution < 1.29 is 13.2 Å². The van der Waals surface area contributed by atoms with Gasteiger partial charge in [-0.2, -0.15) is 13.2 Å². The lowest BCUT2D eigenvalue weighted by molar-refractivity contribution is -0.137. The Morgan fingerprint density at radius 2 is 2.00 bits per heavy atom. The second kappa shape index (κ2) is 8.30. The van der Waals surface area contributed by atoms with Crippen molar-refractivity contribution >= 4 is 22.9 Å². The van der Waals surface area contributed by atoms with Crippen molar-refractivity contribution in [3.8, 4) is 0 Å². The molecule has 1 unspecified atom stereocenters. The van der Waals surface area contributed by atoms with E-state index in [0.717, 1.165) is 50.0 Å². The van der Waals surface area contributed by atoms with E-state index in [1.807, 2.05) is 6.07 Å². The van der Waals surface area contributed by atoms with E-state index in [-0.39, 0.29) is 6.04 Å². The number of hydrogen-bond acceptors (Lipinski definition) is 3. The molecular formula is C19H22ClF3N2S. The number of aryl methyl sites for hydroxylation is 1. The summed E-state index contributed by atoms with van der Waals surface area (Å²) in [5.74, 6) is 0. The van der Waals surface area contributed by atoms with Crippen LogP contribution in [0.5, 0.6) is 0 Å². The Morgan fingerprint density at radius 3 is 2.69 bits per heavy atom. The number of hydrogen-bond donors (Lipinski definition) is 1. The fraction of sp³-hybridized carbons (Fsp3) is 0.474. The van der Waals surface area contributed by atoms with Crippen LogP contribution < -0.4 is 5.32 Å². The molecule has 1 atom stereocenters. The Kier molecular flexibility index (Phi) is 6.28. The highest BCUT2D eigenvalue weighted by atomic mass is 35.5. The van der Waals surface area contributed by atoms with Gasteiger partial charge in [0.25, 0.3) is 0 Å². The predicted octanol–water partition coefficient (Wildman–Crippen LogP) is 5.37. The second-order valence-corrected chi connectivity index (χ2v) is 8.04. The fourth-order valence-electron chi connectivity index (χ4n) is 3.32. The minimum Gasteiger partial charge on any atom is -0.315 e. The van der Waals surface area contributed by atoms with Crippen LogP contribution in [0.4, 0.5) is 13.2 Å². The lowest BCUT2D eigenvalue weighted by Gasteiger charge is -2.31. The van der Waals surface area contributed by atoms with E-state index in [9.17, 15) is 13.2 Å². The lowest BCUT2D eigenvalue weighted by atomic mass is 10.00. The Balaban J connectivity index is 2.07. The third-order valence-corrected chi connectivity index (χ3v) is 6.28. The van der Waals surface area contributed by atoms with Crippen molar-refractivity contribution in [1.29, 1.82) is 0 Å². The van der Waals surface area contributed by atoms with E-state index in [1.165, 1.54) is 17.0 Å². The number of benzene rings is 1. The molecule has 0 amide bonds. The molecule has 2 nitrogen and oxygen atoms in total. The van der Waals surface area contributed by atoms with Crippen LogP contribution in [0.25, 0.3) is 0 Å². The van der Waals surface area contributed by atoms with Gasteiger partial charge in [0.1, 0.15) is 0 Å². The maximum Gasteiger partial charge on any atom is 0.416 e. The molecule has 26 heavy (non-hydrogen) atoms. The fourth-order valence-corrected chi connectivity index (χ4v) is 4.64. The van der Waals surface area contributed by atoms with E-state index in [2.05, 4.69) is 23.2 Å². The molecule has 1 aliphatic rings. The molecule has 2 aromatic rings. The molecule has 1 aliphatic heterocycles. The molecule has 1 N–H and O–H groups in total. The quantitative estimate of drug-likeness (QED) is 0.739. The average molecular weight is 403 g/mol. The summed E-state index contributed by atoms with van der Waals surface area (Å²) in [7, 11) is 0. The number of halogens is 4. The second-order valence-electron chi connectivity index (χ2n) is 6.43. The Hall–Kier alpha value is -1.08. The Labute approximate surface area is 161 Å². The number of thiophene rings is 1. The van der Waals surface area contributed by atoms with Crippen LogP contribution in [-0.2, 0) is 12.6 Å². The number of nitrogens with one attached hydrogen (secondary N) is 1. The highest BCUT2D eigenvalue weighted by molar-refractivity contribution is 7.12. The highest BCUT2D eigenvalue weighted by Crippen LogP contribution is 2.40.